The predicted octanol–water partition coefficient (Wildman–Crippen LogP) is 4.86. The molecule has 0 amide bonds. The standard InChI is InChI=1S/C11H9F2N3.2C2H6/c1-7-9(12)15-11(13)16-10(7)14-8-5-3-2-4-6-8;2*1-2/h2-6H,1H3,(H,14,15,16);2*1-2H3. The van der Waals surface area contributed by atoms with E-state index in [1.807, 2.05) is 45.9 Å². The molecule has 1 aromatic heterocycles. The number of hydrogen-bond donors (Lipinski definition) is 1. The Hall–Kier alpha value is -2.04. The first-order valence-corrected chi connectivity index (χ1v) is 6.68. The molecule has 0 aliphatic heterocycles. The van der Waals surface area contributed by atoms with Crippen LogP contribution in [0.2, 0.25) is 0 Å². The molecule has 0 spiro atoms. The second-order valence-corrected chi connectivity index (χ2v) is 3.25. The van der Waals surface area contributed by atoms with E-state index in [4.69, 9.17) is 0 Å². The zero-order valence-electron chi connectivity index (χ0n) is 12.5. The lowest BCUT2D eigenvalue weighted by Crippen LogP contribution is -2.04. The van der Waals surface area contributed by atoms with Gasteiger partial charge in [0.05, 0.1) is 0 Å². The summed E-state index contributed by atoms with van der Waals surface area (Å²) < 4.78 is 25.9. The minimum atomic E-state index is -1.08. The van der Waals surface area contributed by atoms with Crippen LogP contribution >= 0.6 is 0 Å². The molecule has 0 radical (unpaired) electrons. The molecule has 20 heavy (non-hydrogen) atoms. The van der Waals surface area contributed by atoms with Gasteiger partial charge in [-0.2, -0.15) is 18.7 Å². The Morgan fingerprint density at radius 1 is 0.900 bits per heavy atom. The largest absolute Gasteiger partial charge is 0.340 e. The van der Waals surface area contributed by atoms with Gasteiger partial charge >= 0.3 is 6.08 Å². The maximum absolute atomic E-state index is 13.1. The molecule has 3 nitrogen and oxygen atoms in total. The van der Waals surface area contributed by atoms with Crippen LogP contribution in [0.5, 0.6) is 0 Å². The summed E-state index contributed by atoms with van der Waals surface area (Å²) in [5.74, 6) is -0.720. The van der Waals surface area contributed by atoms with Crippen molar-refractivity contribution in [2.75, 3.05) is 5.32 Å². The van der Waals surface area contributed by atoms with Crippen molar-refractivity contribution in [2.45, 2.75) is 34.6 Å². The number of hydrogen-bond acceptors (Lipinski definition) is 3. The van der Waals surface area contributed by atoms with Crippen LogP contribution in [0.15, 0.2) is 30.3 Å². The lowest BCUT2D eigenvalue weighted by Gasteiger charge is -2.08. The summed E-state index contributed by atoms with van der Waals surface area (Å²) in [4.78, 5) is 6.49. The molecule has 0 bridgehead atoms. The van der Waals surface area contributed by atoms with Gasteiger partial charge in [-0.25, -0.2) is 0 Å². The van der Waals surface area contributed by atoms with Gasteiger partial charge in [0.1, 0.15) is 5.82 Å². The molecule has 0 aliphatic rings. The summed E-state index contributed by atoms with van der Waals surface area (Å²) >= 11 is 0. The highest BCUT2D eigenvalue weighted by Gasteiger charge is 2.10. The van der Waals surface area contributed by atoms with E-state index in [2.05, 4.69) is 15.3 Å². The third-order valence-corrected chi connectivity index (χ3v) is 2.10. The van der Waals surface area contributed by atoms with Crippen LogP contribution in [0.25, 0.3) is 0 Å². The predicted molar refractivity (Wildman–Crippen MR) is 79.1 cm³/mol. The third kappa shape index (κ3) is 5.30. The summed E-state index contributed by atoms with van der Waals surface area (Å²) in [6.07, 6.45) is -1.08. The molecule has 5 heteroatoms. The van der Waals surface area contributed by atoms with Crippen molar-refractivity contribution in [2.24, 2.45) is 0 Å². The summed E-state index contributed by atoms with van der Waals surface area (Å²) in [6.45, 7) is 9.49. The molecule has 1 N–H and O–H groups in total. The number of para-hydroxylation sites is 1. The van der Waals surface area contributed by atoms with Crippen LogP contribution in [0.3, 0.4) is 0 Å². The van der Waals surface area contributed by atoms with E-state index < -0.39 is 12.0 Å². The van der Waals surface area contributed by atoms with E-state index in [0.29, 0.717) is 5.69 Å². The molecule has 2 aromatic rings. The topological polar surface area (TPSA) is 37.8 Å². The van der Waals surface area contributed by atoms with Gasteiger partial charge in [-0.15, -0.1) is 0 Å². The Labute approximate surface area is 119 Å². The van der Waals surface area contributed by atoms with Crippen molar-refractivity contribution >= 4 is 11.5 Å². The van der Waals surface area contributed by atoms with Gasteiger partial charge in [-0.3, -0.25) is 0 Å². The van der Waals surface area contributed by atoms with Gasteiger partial charge in [0, 0.05) is 11.3 Å². The highest BCUT2D eigenvalue weighted by atomic mass is 19.1. The van der Waals surface area contributed by atoms with Crippen LogP contribution in [0.4, 0.5) is 20.3 Å². The van der Waals surface area contributed by atoms with Crippen molar-refractivity contribution in [3.05, 3.63) is 47.9 Å². The average molecular weight is 281 g/mol. The van der Waals surface area contributed by atoms with Crippen molar-refractivity contribution in [3.8, 4) is 0 Å². The molecule has 0 unspecified atom stereocenters. The van der Waals surface area contributed by atoms with Crippen LogP contribution in [0, 0.1) is 18.9 Å². The number of nitrogens with one attached hydrogen (secondary N) is 1. The smallest absolute Gasteiger partial charge is 0.313 e. The van der Waals surface area contributed by atoms with Gasteiger partial charge < -0.3 is 5.32 Å². The first-order valence-electron chi connectivity index (χ1n) is 6.68. The van der Waals surface area contributed by atoms with Gasteiger partial charge in [0.15, 0.2) is 0 Å². The maximum Gasteiger partial charge on any atom is 0.313 e. The first kappa shape index (κ1) is 18.0. The normalized spacial score (nSPS) is 8.75. The Morgan fingerprint density at radius 3 is 2.00 bits per heavy atom. The van der Waals surface area contributed by atoms with Crippen LogP contribution in [0.1, 0.15) is 33.3 Å². The Kier molecular flexibility index (Phi) is 8.83. The molecule has 0 atom stereocenters. The van der Waals surface area contributed by atoms with Gasteiger partial charge in [-0.05, 0) is 19.1 Å². The Balaban J connectivity index is 0.000000829. The molecule has 0 saturated heterocycles. The molecule has 2 rings (SSSR count). The van der Waals surface area contributed by atoms with Crippen LogP contribution in [-0.4, -0.2) is 9.97 Å². The second-order valence-electron chi connectivity index (χ2n) is 3.25. The SMILES string of the molecule is CC.CC.Cc1c(F)nc(F)nc1Nc1ccccc1. The monoisotopic (exact) mass is 281 g/mol. The molecule has 0 fully saturated rings. The van der Waals surface area contributed by atoms with Crippen molar-refractivity contribution in [3.63, 3.8) is 0 Å². The van der Waals surface area contributed by atoms with Crippen molar-refractivity contribution in [1.29, 1.82) is 0 Å². The molecular formula is C15H21F2N3. The summed E-state index contributed by atoms with van der Waals surface area (Å²) in [5.41, 5.74) is 0.897. The summed E-state index contributed by atoms with van der Waals surface area (Å²) in [6, 6.07) is 9.02. The Bertz CT molecular complexity index is 502. The maximum atomic E-state index is 13.1. The molecular weight excluding hydrogens is 260 g/mol. The van der Waals surface area contributed by atoms with Crippen molar-refractivity contribution in [1.82, 2.24) is 9.97 Å². The number of anilines is 2. The van der Waals surface area contributed by atoms with Crippen LogP contribution in [-0.2, 0) is 0 Å². The fraction of sp³-hybridized carbons (Fsp3) is 0.333. The molecule has 1 heterocycles. The van der Waals surface area contributed by atoms with E-state index in [9.17, 15) is 8.78 Å². The number of halogens is 2. The molecule has 1 aromatic carbocycles. The summed E-state index contributed by atoms with van der Waals surface area (Å²) in [5, 5.41) is 2.82. The average Bonchev–Trinajstić information content (AvgIpc) is 2.49. The lowest BCUT2D eigenvalue weighted by atomic mass is 10.3. The minimum absolute atomic E-state index is 0.135. The van der Waals surface area contributed by atoms with Gasteiger partial charge in [-0.1, -0.05) is 45.9 Å². The lowest BCUT2D eigenvalue weighted by molar-refractivity contribution is 0.480. The van der Waals surface area contributed by atoms with Gasteiger partial charge in [0.2, 0.25) is 5.95 Å². The van der Waals surface area contributed by atoms with Crippen molar-refractivity contribution < 1.29 is 8.78 Å². The third-order valence-electron chi connectivity index (χ3n) is 2.10. The first-order chi connectivity index (χ1) is 9.66. The van der Waals surface area contributed by atoms with E-state index in [-0.39, 0.29) is 11.4 Å². The van der Waals surface area contributed by atoms with Gasteiger partial charge in [0.25, 0.3) is 0 Å². The number of aromatic nitrogens is 2. The van der Waals surface area contributed by atoms with E-state index >= 15 is 0 Å². The zero-order chi connectivity index (χ0) is 15.5. The minimum Gasteiger partial charge on any atom is -0.340 e. The summed E-state index contributed by atoms with van der Waals surface area (Å²) in [7, 11) is 0. The quantitative estimate of drug-likeness (QED) is 0.631. The number of nitrogens with zero attached hydrogens (tertiary/aromatic N) is 2. The number of rotatable bonds is 2. The highest BCUT2D eigenvalue weighted by Crippen LogP contribution is 2.19. The highest BCUT2D eigenvalue weighted by molar-refractivity contribution is 5.58. The van der Waals surface area contributed by atoms with Crippen LogP contribution < -0.4 is 5.32 Å². The van der Waals surface area contributed by atoms with E-state index in [1.54, 1.807) is 12.1 Å². The molecule has 0 aliphatic carbocycles. The van der Waals surface area contributed by atoms with E-state index in [0.717, 1.165) is 0 Å². The molecule has 0 saturated carbocycles. The number of benzene rings is 1. The zero-order valence-corrected chi connectivity index (χ0v) is 12.5. The molecule has 110 valence electrons. The second kappa shape index (κ2) is 9.83. The Morgan fingerprint density at radius 2 is 1.45 bits per heavy atom. The van der Waals surface area contributed by atoms with E-state index in [1.165, 1.54) is 6.92 Å². The fourth-order valence-corrected chi connectivity index (χ4v) is 1.24. The fourth-order valence-electron chi connectivity index (χ4n) is 1.24.